The number of rotatable bonds is 3. The van der Waals surface area contributed by atoms with E-state index in [0.717, 1.165) is 0 Å². The summed E-state index contributed by atoms with van der Waals surface area (Å²) >= 11 is 6.26. The molecule has 0 unspecified atom stereocenters. The first kappa shape index (κ1) is 15.5. The van der Waals surface area contributed by atoms with Crippen molar-refractivity contribution in [2.24, 2.45) is 0 Å². The first-order valence-electron chi connectivity index (χ1n) is 5.53. The molecule has 2 rings (SSSR count). The zero-order valence-corrected chi connectivity index (χ0v) is 14.3. The summed E-state index contributed by atoms with van der Waals surface area (Å²) in [5.74, 6) is -0.452. The minimum Gasteiger partial charge on any atom is -0.280 e. The molecule has 0 saturated heterocycles. The van der Waals surface area contributed by atoms with E-state index in [1.807, 2.05) is 0 Å². The highest BCUT2D eigenvalue weighted by Gasteiger charge is 2.17. The molecular weight excluding hydrogens is 413 g/mol. The van der Waals surface area contributed by atoms with Gasteiger partial charge in [-0.2, -0.15) is 0 Å². The molecule has 0 amide bonds. The number of anilines is 1. The minimum atomic E-state index is -3.72. The Hall–Kier alpha value is -0.920. The van der Waals surface area contributed by atoms with Crippen LogP contribution in [0, 0.1) is 12.7 Å². The van der Waals surface area contributed by atoms with E-state index in [2.05, 4.69) is 36.6 Å². The maximum atomic E-state index is 13.1. The molecule has 0 spiro atoms. The summed E-state index contributed by atoms with van der Waals surface area (Å²) < 4.78 is 41.1. The average Bonchev–Trinajstić information content (AvgIpc) is 2.36. The number of nitrogens with one attached hydrogen (secondary N) is 1. The molecule has 0 heterocycles. The van der Waals surface area contributed by atoms with E-state index in [4.69, 9.17) is 0 Å². The van der Waals surface area contributed by atoms with Crippen molar-refractivity contribution >= 4 is 47.6 Å². The number of hydrogen-bond donors (Lipinski definition) is 1. The highest BCUT2D eigenvalue weighted by Crippen LogP contribution is 2.25. The minimum absolute atomic E-state index is 0.173. The van der Waals surface area contributed by atoms with Crippen LogP contribution in [0.3, 0.4) is 0 Å². The summed E-state index contributed by atoms with van der Waals surface area (Å²) in [6.45, 7) is 1.71. The second-order valence-electron chi connectivity index (χ2n) is 4.14. The fourth-order valence-electron chi connectivity index (χ4n) is 1.63. The van der Waals surface area contributed by atoms with Crippen LogP contribution < -0.4 is 4.72 Å². The molecule has 0 aromatic heterocycles. The second-order valence-corrected chi connectivity index (χ2v) is 7.57. The molecule has 0 aliphatic rings. The van der Waals surface area contributed by atoms with Gasteiger partial charge in [0, 0.05) is 4.47 Å². The fraction of sp³-hybridized carbons (Fsp3) is 0.0769. The monoisotopic (exact) mass is 421 g/mol. The van der Waals surface area contributed by atoms with Crippen molar-refractivity contribution in [3.8, 4) is 0 Å². The topological polar surface area (TPSA) is 46.2 Å². The zero-order valence-electron chi connectivity index (χ0n) is 10.3. The maximum absolute atomic E-state index is 13.1. The lowest BCUT2D eigenvalue weighted by Gasteiger charge is -2.11. The molecule has 1 N–H and O–H groups in total. The first-order chi connectivity index (χ1) is 9.29. The Balaban J connectivity index is 2.40. The van der Waals surface area contributed by atoms with E-state index in [9.17, 15) is 12.8 Å². The Bertz CT molecular complexity index is 763. The second kappa shape index (κ2) is 5.83. The van der Waals surface area contributed by atoms with Gasteiger partial charge in [0.05, 0.1) is 15.1 Å². The molecular formula is C13H10Br2FNO2S. The summed E-state index contributed by atoms with van der Waals surface area (Å²) in [4.78, 5) is 0.173. The summed E-state index contributed by atoms with van der Waals surface area (Å²) in [5, 5.41) is 0. The highest BCUT2D eigenvalue weighted by atomic mass is 79.9. The number of benzene rings is 2. The molecule has 7 heteroatoms. The molecule has 2 aromatic rings. The van der Waals surface area contributed by atoms with Crippen molar-refractivity contribution in [3.63, 3.8) is 0 Å². The van der Waals surface area contributed by atoms with E-state index in [-0.39, 0.29) is 15.1 Å². The van der Waals surface area contributed by atoms with Gasteiger partial charge in [0.1, 0.15) is 5.82 Å². The first-order valence-corrected chi connectivity index (χ1v) is 8.60. The molecule has 106 valence electrons. The quantitative estimate of drug-likeness (QED) is 0.793. The van der Waals surface area contributed by atoms with Crippen molar-refractivity contribution in [2.45, 2.75) is 11.8 Å². The van der Waals surface area contributed by atoms with E-state index < -0.39 is 15.8 Å². The Morgan fingerprint density at radius 2 is 1.80 bits per heavy atom. The number of hydrogen-bond acceptors (Lipinski definition) is 2. The molecule has 0 saturated carbocycles. The van der Waals surface area contributed by atoms with Crippen LogP contribution in [-0.2, 0) is 10.0 Å². The zero-order chi connectivity index (χ0) is 14.9. The van der Waals surface area contributed by atoms with Gasteiger partial charge in [0.2, 0.25) is 0 Å². The van der Waals surface area contributed by atoms with Crippen molar-refractivity contribution in [1.29, 1.82) is 0 Å². The van der Waals surface area contributed by atoms with Gasteiger partial charge in [0.25, 0.3) is 10.0 Å². The largest absolute Gasteiger partial charge is 0.280 e. The number of aryl methyl sites for hydroxylation is 1. The molecule has 0 atom stereocenters. The van der Waals surface area contributed by atoms with Gasteiger partial charge >= 0.3 is 0 Å². The van der Waals surface area contributed by atoms with Gasteiger partial charge in [-0.05, 0) is 58.7 Å². The van der Waals surface area contributed by atoms with Crippen LogP contribution in [0.4, 0.5) is 10.1 Å². The lowest BCUT2D eigenvalue weighted by Crippen LogP contribution is -2.14. The third kappa shape index (κ3) is 3.39. The third-order valence-electron chi connectivity index (χ3n) is 2.61. The summed E-state index contributed by atoms with van der Waals surface area (Å²) in [5.41, 5.74) is 0.916. The van der Waals surface area contributed by atoms with Gasteiger partial charge < -0.3 is 0 Å². The van der Waals surface area contributed by atoms with Crippen LogP contribution in [0.2, 0.25) is 0 Å². The summed E-state index contributed by atoms with van der Waals surface area (Å²) in [6, 6.07) is 8.93. The van der Waals surface area contributed by atoms with E-state index >= 15 is 0 Å². The molecule has 20 heavy (non-hydrogen) atoms. The van der Waals surface area contributed by atoms with Crippen LogP contribution in [0.1, 0.15) is 5.56 Å². The van der Waals surface area contributed by atoms with Gasteiger partial charge in [-0.1, -0.05) is 22.0 Å². The standard InChI is InChI=1S/C13H10Br2FNO2S/c1-8-2-3-9(14)6-13(8)20(18,19)17-10-4-5-12(16)11(15)7-10/h2-7,17H,1H3. The Morgan fingerprint density at radius 1 is 1.10 bits per heavy atom. The van der Waals surface area contributed by atoms with Gasteiger partial charge in [-0.3, -0.25) is 4.72 Å². The van der Waals surface area contributed by atoms with E-state index in [0.29, 0.717) is 10.0 Å². The van der Waals surface area contributed by atoms with Crippen LogP contribution in [0.5, 0.6) is 0 Å². The van der Waals surface area contributed by atoms with Crippen molar-refractivity contribution in [1.82, 2.24) is 0 Å². The van der Waals surface area contributed by atoms with Crippen LogP contribution >= 0.6 is 31.9 Å². The summed E-state index contributed by atoms with van der Waals surface area (Å²) in [6.07, 6.45) is 0. The molecule has 0 aliphatic carbocycles. The van der Waals surface area contributed by atoms with Crippen molar-refractivity contribution in [2.75, 3.05) is 4.72 Å². The molecule has 3 nitrogen and oxygen atoms in total. The smallest absolute Gasteiger partial charge is 0.262 e. The summed E-state index contributed by atoms with van der Waals surface area (Å²) in [7, 11) is -3.72. The lowest BCUT2D eigenvalue weighted by atomic mass is 10.2. The third-order valence-corrected chi connectivity index (χ3v) is 5.24. The average molecular weight is 423 g/mol. The van der Waals surface area contributed by atoms with Crippen LogP contribution in [-0.4, -0.2) is 8.42 Å². The predicted molar refractivity (Wildman–Crippen MR) is 83.8 cm³/mol. The maximum Gasteiger partial charge on any atom is 0.262 e. The molecule has 0 bridgehead atoms. The fourth-order valence-corrected chi connectivity index (χ4v) is 3.85. The predicted octanol–water partition coefficient (Wildman–Crippen LogP) is 4.46. The lowest BCUT2D eigenvalue weighted by molar-refractivity contribution is 0.600. The van der Waals surface area contributed by atoms with Gasteiger partial charge in [-0.15, -0.1) is 0 Å². The van der Waals surface area contributed by atoms with E-state index in [1.165, 1.54) is 24.3 Å². The van der Waals surface area contributed by atoms with Crippen LogP contribution in [0.25, 0.3) is 0 Å². The number of sulfonamides is 1. The molecule has 0 fully saturated rings. The SMILES string of the molecule is Cc1ccc(Br)cc1S(=O)(=O)Nc1ccc(F)c(Br)c1. The highest BCUT2D eigenvalue weighted by molar-refractivity contribution is 9.10. The van der Waals surface area contributed by atoms with Crippen LogP contribution in [0.15, 0.2) is 50.2 Å². The van der Waals surface area contributed by atoms with Gasteiger partial charge in [0.15, 0.2) is 0 Å². The Labute approximate surface area is 133 Å². The number of halogens is 3. The Morgan fingerprint density at radius 3 is 2.45 bits per heavy atom. The van der Waals surface area contributed by atoms with E-state index in [1.54, 1.807) is 19.1 Å². The molecule has 2 aromatic carbocycles. The molecule has 0 aliphatic heterocycles. The molecule has 0 radical (unpaired) electrons. The normalized spacial score (nSPS) is 11.4. The van der Waals surface area contributed by atoms with Crippen molar-refractivity contribution in [3.05, 3.63) is 56.7 Å². The van der Waals surface area contributed by atoms with Gasteiger partial charge in [-0.25, -0.2) is 12.8 Å². The van der Waals surface area contributed by atoms with Crippen molar-refractivity contribution < 1.29 is 12.8 Å². The Kier molecular flexibility index (Phi) is 4.51.